The van der Waals surface area contributed by atoms with Crippen molar-refractivity contribution in [1.29, 1.82) is 0 Å². The Hall–Kier alpha value is -3.08. The summed E-state index contributed by atoms with van der Waals surface area (Å²) < 4.78 is 0. The topological polar surface area (TPSA) is 52.7 Å². The molecule has 0 radical (unpaired) electrons. The van der Waals surface area contributed by atoms with Gasteiger partial charge >= 0.3 is 0 Å². The van der Waals surface area contributed by atoms with E-state index in [4.69, 9.17) is 0 Å². The highest BCUT2D eigenvalue weighted by atomic mass is 16.2. The molecule has 0 bridgehead atoms. The minimum absolute atomic E-state index is 0.283. The zero-order valence-electron chi connectivity index (χ0n) is 15.8. The molecule has 0 spiro atoms. The van der Waals surface area contributed by atoms with Crippen LogP contribution in [-0.4, -0.2) is 37.9 Å². The van der Waals surface area contributed by atoms with Gasteiger partial charge in [0.25, 0.3) is 11.8 Å². The predicted molar refractivity (Wildman–Crippen MR) is 105 cm³/mol. The number of anilines is 2. The zero-order chi connectivity index (χ0) is 19.0. The number of nitrogens with one attached hydrogen (secondary N) is 1. The lowest BCUT2D eigenvalue weighted by molar-refractivity contribution is -0.135. The highest BCUT2D eigenvalue weighted by Gasteiger charge is 2.37. The Labute approximate surface area is 153 Å². The van der Waals surface area contributed by atoms with Crippen molar-refractivity contribution in [3.63, 3.8) is 0 Å². The maximum Gasteiger partial charge on any atom is 0.277 e. The van der Waals surface area contributed by atoms with E-state index in [9.17, 15) is 9.59 Å². The van der Waals surface area contributed by atoms with Gasteiger partial charge in [-0.25, -0.2) is 0 Å². The van der Waals surface area contributed by atoms with Crippen molar-refractivity contribution in [2.45, 2.75) is 13.8 Å². The first kappa shape index (κ1) is 17.7. The third kappa shape index (κ3) is 3.08. The highest BCUT2D eigenvalue weighted by Crippen LogP contribution is 2.32. The summed E-state index contributed by atoms with van der Waals surface area (Å²) in [4.78, 5) is 28.5. The number of likely N-dealkylation sites (N-methyl/N-ethyl adjacent to an activating group) is 1. The second kappa shape index (κ2) is 6.67. The van der Waals surface area contributed by atoms with E-state index >= 15 is 0 Å². The number of nitrogens with zero attached hydrogens (tertiary/aromatic N) is 2. The van der Waals surface area contributed by atoms with Crippen LogP contribution in [0.4, 0.5) is 11.4 Å². The largest absolute Gasteiger partial charge is 0.378 e. The van der Waals surface area contributed by atoms with E-state index in [2.05, 4.69) is 5.32 Å². The number of imide groups is 1. The van der Waals surface area contributed by atoms with E-state index in [1.54, 1.807) is 0 Å². The van der Waals surface area contributed by atoms with Crippen LogP contribution in [0.15, 0.2) is 48.2 Å². The van der Waals surface area contributed by atoms with Gasteiger partial charge in [-0.2, -0.15) is 0 Å². The summed E-state index contributed by atoms with van der Waals surface area (Å²) in [6.45, 7) is 3.96. The molecule has 2 aromatic carbocycles. The van der Waals surface area contributed by atoms with E-state index in [0.717, 1.165) is 33.0 Å². The van der Waals surface area contributed by atoms with E-state index in [0.29, 0.717) is 11.3 Å². The summed E-state index contributed by atoms with van der Waals surface area (Å²) >= 11 is 0. The molecule has 134 valence electrons. The molecule has 5 heteroatoms. The van der Waals surface area contributed by atoms with E-state index < -0.39 is 0 Å². The Bertz CT molecular complexity index is 911. The van der Waals surface area contributed by atoms with Gasteiger partial charge in [-0.1, -0.05) is 23.8 Å². The molecule has 0 unspecified atom stereocenters. The Morgan fingerprint density at radius 2 is 1.58 bits per heavy atom. The normalized spacial score (nSPS) is 14.3. The molecule has 0 aliphatic carbocycles. The summed E-state index contributed by atoms with van der Waals surface area (Å²) in [7, 11) is 5.45. The maximum atomic E-state index is 12.7. The molecule has 1 heterocycles. The average molecular weight is 349 g/mol. The predicted octanol–water partition coefficient (Wildman–Crippen LogP) is 3.19. The van der Waals surface area contributed by atoms with Crippen LogP contribution in [0.25, 0.3) is 5.57 Å². The summed E-state index contributed by atoms with van der Waals surface area (Å²) in [6.07, 6.45) is 0. The first-order valence-corrected chi connectivity index (χ1v) is 8.48. The first-order valence-electron chi connectivity index (χ1n) is 8.48. The molecule has 1 aliphatic rings. The molecule has 3 rings (SSSR count). The van der Waals surface area contributed by atoms with E-state index in [1.807, 2.05) is 75.3 Å². The monoisotopic (exact) mass is 349 g/mol. The minimum atomic E-state index is -0.318. The number of hydrogen-bond acceptors (Lipinski definition) is 4. The van der Waals surface area contributed by atoms with Crippen LogP contribution in [0, 0.1) is 13.8 Å². The van der Waals surface area contributed by atoms with Gasteiger partial charge in [0.1, 0.15) is 5.70 Å². The highest BCUT2D eigenvalue weighted by molar-refractivity contribution is 6.36. The third-order valence-corrected chi connectivity index (χ3v) is 4.59. The summed E-state index contributed by atoms with van der Waals surface area (Å²) in [5.41, 5.74) is 5.44. The maximum absolute atomic E-state index is 12.7. The van der Waals surface area contributed by atoms with E-state index in [1.165, 1.54) is 7.05 Å². The van der Waals surface area contributed by atoms with Gasteiger partial charge in [0.15, 0.2) is 0 Å². The van der Waals surface area contributed by atoms with Gasteiger partial charge in [-0.15, -0.1) is 0 Å². The lowest BCUT2D eigenvalue weighted by atomic mass is 9.97. The summed E-state index contributed by atoms with van der Waals surface area (Å²) in [6, 6.07) is 13.6. The quantitative estimate of drug-likeness (QED) is 0.862. The van der Waals surface area contributed by atoms with Crippen LogP contribution in [0.2, 0.25) is 0 Å². The molecule has 0 aromatic heterocycles. The first-order chi connectivity index (χ1) is 12.3. The number of amides is 2. The second-order valence-electron chi connectivity index (χ2n) is 6.80. The molecular weight excluding hydrogens is 326 g/mol. The van der Waals surface area contributed by atoms with Crippen molar-refractivity contribution < 1.29 is 9.59 Å². The van der Waals surface area contributed by atoms with Crippen LogP contribution in [0.1, 0.15) is 16.7 Å². The lowest BCUT2D eigenvalue weighted by Crippen LogP contribution is -2.28. The molecule has 0 saturated carbocycles. The standard InChI is InChI=1S/C21H23N3O2/c1-13-6-11-17(14(2)12-13)18-19(21(26)24(5)20(18)25)22-15-7-9-16(10-8-15)23(3)4/h6-12,22H,1-5H3. The molecule has 0 saturated heterocycles. The van der Waals surface area contributed by atoms with Gasteiger partial charge in [-0.05, 0) is 49.2 Å². The van der Waals surface area contributed by atoms with Gasteiger partial charge in [0.2, 0.25) is 0 Å². The van der Waals surface area contributed by atoms with Crippen LogP contribution < -0.4 is 10.2 Å². The van der Waals surface area contributed by atoms with Gasteiger partial charge in [-0.3, -0.25) is 14.5 Å². The number of hydrogen-bond donors (Lipinski definition) is 1. The fraction of sp³-hybridized carbons (Fsp3) is 0.238. The number of benzene rings is 2. The third-order valence-electron chi connectivity index (χ3n) is 4.59. The van der Waals surface area contributed by atoms with Crippen molar-refractivity contribution >= 4 is 28.8 Å². The van der Waals surface area contributed by atoms with Crippen molar-refractivity contribution in [2.75, 3.05) is 31.4 Å². The van der Waals surface area contributed by atoms with Gasteiger partial charge in [0, 0.05) is 32.5 Å². The summed E-state index contributed by atoms with van der Waals surface area (Å²) in [5.74, 6) is -0.601. The van der Waals surface area contributed by atoms with Crippen LogP contribution in [0.5, 0.6) is 0 Å². The number of carbonyl (C=O) groups is 2. The molecule has 2 amide bonds. The number of carbonyl (C=O) groups excluding carboxylic acids is 2. The molecule has 1 aliphatic heterocycles. The van der Waals surface area contributed by atoms with Crippen LogP contribution in [-0.2, 0) is 9.59 Å². The van der Waals surface area contributed by atoms with Crippen molar-refractivity contribution in [3.8, 4) is 0 Å². The Kier molecular flexibility index (Phi) is 4.55. The molecule has 0 fully saturated rings. The molecule has 26 heavy (non-hydrogen) atoms. The number of rotatable bonds is 4. The Balaban J connectivity index is 2.05. The number of aryl methyl sites for hydroxylation is 2. The SMILES string of the molecule is Cc1ccc(C2=C(Nc3ccc(N(C)C)cc3)C(=O)N(C)C2=O)c(C)c1. The minimum Gasteiger partial charge on any atom is -0.378 e. The fourth-order valence-electron chi connectivity index (χ4n) is 3.09. The van der Waals surface area contributed by atoms with Gasteiger partial charge in [0.05, 0.1) is 5.57 Å². The van der Waals surface area contributed by atoms with Crippen LogP contribution in [0.3, 0.4) is 0 Å². The van der Waals surface area contributed by atoms with Crippen molar-refractivity contribution in [2.24, 2.45) is 0 Å². The van der Waals surface area contributed by atoms with Crippen LogP contribution >= 0.6 is 0 Å². The molecule has 1 N–H and O–H groups in total. The molecule has 2 aromatic rings. The average Bonchev–Trinajstić information content (AvgIpc) is 2.80. The second-order valence-corrected chi connectivity index (χ2v) is 6.80. The Morgan fingerprint density at radius 3 is 2.15 bits per heavy atom. The Morgan fingerprint density at radius 1 is 0.923 bits per heavy atom. The molecule has 0 atom stereocenters. The fourth-order valence-corrected chi connectivity index (χ4v) is 3.09. The lowest BCUT2D eigenvalue weighted by Gasteiger charge is -2.14. The molecule has 5 nitrogen and oxygen atoms in total. The van der Waals surface area contributed by atoms with Crippen molar-refractivity contribution in [1.82, 2.24) is 4.90 Å². The van der Waals surface area contributed by atoms with E-state index in [-0.39, 0.29) is 11.8 Å². The molecular formula is C21H23N3O2. The van der Waals surface area contributed by atoms with Gasteiger partial charge < -0.3 is 10.2 Å². The summed E-state index contributed by atoms with van der Waals surface area (Å²) in [5, 5.41) is 3.16. The van der Waals surface area contributed by atoms with Crippen molar-refractivity contribution in [3.05, 3.63) is 64.9 Å². The smallest absolute Gasteiger partial charge is 0.277 e. The zero-order valence-corrected chi connectivity index (χ0v) is 15.8.